The number of rotatable bonds is 3. The van der Waals surface area contributed by atoms with Gasteiger partial charge in [0.05, 0.1) is 7.11 Å². The Morgan fingerprint density at radius 1 is 1.46 bits per heavy atom. The molecule has 0 spiro atoms. The maximum absolute atomic E-state index is 5.28. The summed E-state index contributed by atoms with van der Waals surface area (Å²) >= 11 is 0. The van der Waals surface area contributed by atoms with Crippen LogP contribution in [0.5, 0.6) is 5.75 Å². The molecule has 0 atom stereocenters. The molecule has 0 saturated heterocycles. The third kappa shape index (κ3) is 1.59. The minimum Gasteiger partial charge on any atom is -0.496 e. The van der Waals surface area contributed by atoms with Gasteiger partial charge in [0.2, 0.25) is 0 Å². The van der Waals surface area contributed by atoms with Gasteiger partial charge >= 0.3 is 0 Å². The van der Waals surface area contributed by atoms with E-state index in [0.29, 0.717) is 0 Å². The first-order chi connectivity index (χ1) is 6.35. The lowest BCUT2D eigenvalue weighted by Crippen LogP contribution is -1.89. The lowest BCUT2D eigenvalue weighted by Gasteiger charge is -2.06. The molecule has 1 aliphatic rings. The van der Waals surface area contributed by atoms with Gasteiger partial charge in [0.25, 0.3) is 0 Å². The van der Waals surface area contributed by atoms with Gasteiger partial charge in [-0.15, -0.1) is 0 Å². The Morgan fingerprint density at radius 3 is 2.77 bits per heavy atom. The zero-order valence-electron chi connectivity index (χ0n) is 7.92. The zero-order valence-corrected chi connectivity index (χ0v) is 7.92. The monoisotopic (exact) mass is 174 g/mol. The van der Waals surface area contributed by atoms with E-state index in [1.807, 2.05) is 6.08 Å². The van der Waals surface area contributed by atoms with Crippen molar-refractivity contribution in [1.82, 2.24) is 0 Å². The van der Waals surface area contributed by atoms with Crippen molar-refractivity contribution in [2.24, 2.45) is 0 Å². The SMILES string of the molecule is C=Cc1ccc(C2CC2)cc1OC. The van der Waals surface area contributed by atoms with Gasteiger partial charge in [-0.25, -0.2) is 0 Å². The summed E-state index contributed by atoms with van der Waals surface area (Å²) in [5, 5.41) is 0. The van der Waals surface area contributed by atoms with E-state index < -0.39 is 0 Å². The molecular weight excluding hydrogens is 160 g/mol. The molecule has 0 aliphatic heterocycles. The fraction of sp³-hybridized carbons (Fsp3) is 0.333. The summed E-state index contributed by atoms with van der Waals surface area (Å²) < 4.78 is 5.28. The van der Waals surface area contributed by atoms with Crippen LogP contribution in [-0.2, 0) is 0 Å². The molecule has 13 heavy (non-hydrogen) atoms. The molecule has 0 unspecified atom stereocenters. The fourth-order valence-electron chi connectivity index (χ4n) is 1.57. The second kappa shape index (κ2) is 3.25. The van der Waals surface area contributed by atoms with Crippen molar-refractivity contribution in [1.29, 1.82) is 0 Å². The van der Waals surface area contributed by atoms with Crippen LogP contribution in [0.3, 0.4) is 0 Å². The topological polar surface area (TPSA) is 9.23 Å². The van der Waals surface area contributed by atoms with E-state index in [0.717, 1.165) is 17.2 Å². The van der Waals surface area contributed by atoms with Crippen LogP contribution in [0.2, 0.25) is 0 Å². The number of hydrogen-bond donors (Lipinski definition) is 0. The largest absolute Gasteiger partial charge is 0.496 e. The van der Waals surface area contributed by atoms with Crippen molar-refractivity contribution in [3.8, 4) is 5.75 Å². The maximum Gasteiger partial charge on any atom is 0.126 e. The van der Waals surface area contributed by atoms with E-state index in [4.69, 9.17) is 4.74 Å². The molecule has 1 fully saturated rings. The van der Waals surface area contributed by atoms with Gasteiger partial charge in [-0.2, -0.15) is 0 Å². The Labute approximate surface area is 79.0 Å². The molecule has 1 aromatic carbocycles. The number of benzene rings is 1. The van der Waals surface area contributed by atoms with Crippen molar-refractivity contribution < 1.29 is 4.74 Å². The predicted molar refractivity (Wildman–Crippen MR) is 55.1 cm³/mol. The van der Waals surface area contributed by atoms with Crippen LogP contribution in [0.1, 0.15) is 29.9 Å². The molecule has 0 N–H and O–H groups in total. The molecule has 1 aliphatic carbocycles. The van der Waals surface area contributed by atoms with Gasteiger partial charge in [0.15, 0.2) is 0 Å². The first-order valence-corrected chi connectivity index (χ1v) is 4.65. The first-order valence-electron chi connectivity index (χ1n) is 4.65. The number of methoxy groups -OCH3 is 1. The van der Waals surface area contributed by atoms with Crippen molar-refractivity contribution in [3.63, 3.8) is 0 Å². The second-order valence-corrected chi connectivity index (χ2v) is 3.48. The minimum absolute atomic E-state index is 0.785. The number of hydrogen-bond acceptors (Lipinski definition) is 1. The lowest BCUT2D eigenvalue weighted by atomic mass is 10.1. The maximum atomic E-state index is 5.28. The quantitative estimate of drug-likeness (QED) is 0.683. The van der Waals surface area contributed by atoms with Crippen molar-refractivity contribution >= 4 is 6.08 Å². The molecule has 1 nitrogen and oxygen atoms in total. The molecule has 0 heterocycles. The van der Waals surface area contributed by atoms with E-state index in [-0.39, 0.29) is 0 Å². The molecule has 2 rings (SSSR count). The van der Waals surface area contributed by atoms with Crippen molar-refractivity contribution in [2.75, 3.05) is 7.11 Å². The standard InChI is InChI=1S/C12H14O/c1-3-9-4-7-11(10-5-6-10)8-12(9)13-2/h3-4,7-8,10H,1,5-6H2,2H3. The second-order valence-electron chi connectivity index (χ2n) is 3.48. The molecule has 1 saturated carbocycles. The van der Waals surface area contributed by atoms with Crippen LogP contribution < -0.4 is 4.74 Å². The number of ether oxygens (including phenoxy) is 1. The summed E-state index contributed by atoms with van der Waals surface area (Å²) in [4.78, 5) is 0. The van der Waals surface area contributed by atoms with Crippen LogP contribution in [0.4, 0.5) is 0 Å². The van der Waals surface area contributed by atoms with Crippen molar-refractivity contribution in [3.05, 3.63) is 35.9 Å². The zero-order chi connectivity index (χ0) is 9.26. The molecule has 0 amide bonds. The highest BCUT2D eigenvalue weighted by Gasteiger charge is 2.23. The van der Waals surface area contributed by atoms with Crippen molar-refractivity contribution in [2.45, 2.75) is 18.8 Å². The van der Waals surface area contributed by atoms with E-state index in [1.165, 1.54) is 18.4 Å². The molecule has 1 heteroatoms. The molecule has 0 aromatic heterocycles. The lowest BCUT2D eigenvalue weighted by molar-refractivity contribution is 0.413. The van der Waals surface area contributed by atoms with Gasteiger partial charge in [-0.1, -0.05) is 24.8 Å². The molecular formula is C12H14O. The Balaban J connectivity index is 2.36. The third-order valence-corrected chi connectivity index (χ3v) is 2.53. The normalized spacial score (nSPS) is 15.5. The first kappa shape index (κ1) is 8.36. The van der Waals surface area contributed by atoms with Gasteiger partial charge in [0.1, 0.15) is 5.75 Å². The summed E-state index contributed by atoms with van der Waals surface area (Å²) in [6, 6.07) is 6.39. The summed E-state index contributed by atoms with van der Waals surface area (Å²) in [6.07, 6.45) is 4.49. The van der Waals surface area contributed by atoms with Crippen LogP contribution in [0.25, 0.3) is 6.08 Å². The van der Waals surface area contributed by atoms with Gasteiger partial charge in [0, 0.05) is 5.56 Å². The predicted octanol–water partition coefficient (Wildman–Crippen LogP) is 3.22. The highest BCUT2D eigenvalue weighted by molar-refractivity contribution is 5.57. The average Bonchev–Trinajstić information content (AvgIpc) is 3.00. The molecule has 68 valence electrons. The molecule has 0 radical (unpaired) electrons. The summed E-state index contributed by atoms with van der Waals surface area (Å²) in [7, 11) is 1.71. The summed E-state index contributed by atoms with van der Waals surface area (Å²) in [5.41, 5.74) is 2.48. The van der Waals surface area contributed by atoms with Crippen LogP contribution in [0.15, 0.2) is 24.8 Å². The summed E-state index contributed by atoms with van der Waals surface area (Å²) in [5.74, 6) is 1.73. The van der Waals surface area contributed by atoms with E-state index in [1.54, 1.807) is 7.11 Å². The highest BCUT2D eigenvalue weighted by atomic mass is 16.5. The Bertz CT molecular complexity index is 324. The fourth-order valence-corrected chi connectivity index (χ4v) is 1.57. The third-order valence-electron chi connectivity index (χ3n) is 2.53. The van der Waals surface area contributed by atoms with Crippen LogP contribution in [0, 0.1) is 0 Å². The van der Waals surface area contributed by atoms with Gasteiger partial charge in [-0.3, -0.25) is 0 Å². The van der Waals surface area contributed by atoms with Crippen LogP contribution >= 0.6 is 0 Å². The van der Waals surface area contributed by atoms with E-state index in [2.05, 4.69) is 24.8 Å². The van der Waals surface area contributed by atoms with Crippen LogP contribution in [-0.4, -0.2) is 7.11 Å². The van der Waals surface area contributed by atoms with E-state index >= 15 is 0 Å². The Morgan fingerprint density at radius 2 is 2.23 bits per heavy atom. The summed E-state index contributed by atoms with van der Waals surface area (Å²) in [6.45, 7) is 3.75. The molecule has 1 aromatic rings. The Kier molecular flexibility index (Phi) is 2.09. The molecule has 0 bridgehead atoms. The van der Waals surface area contributed by atoms with E-state index in [9.17, 15) is 0 Å². The Hall–Kier alpha value is -1.24. The van der Waals surface area contributed by atoms with Gasteiger partial charge < -0.3 is 4.74 Å². The van der Waals surface area contributed by atoms with Gasteiger partial charge in [-0.05, 0) is 30.4 Å². The highest BCUT2D eigenvalue weighted by Crippen LogP contribution is 2.41. The minimum atomic E-state index is 0.785. The smallest absolute Gasteiger partial charge is 0.126 e. The average molecular weight is 174 g/mol.